The van der Waals surface area contributed by atoms with Crippen LogP contribution in [0.25, 0.3) is 0 Å². The van der Waals surface area contributed by atoms with Gasteiger partial charge < -0.3 is 5.11 Å². The van der Waals surface area contributed by atoms with Crippen molar-refractivity contribution in [3.05, 3.63) is 12.2 Å². The van der Waals surface area contributed by atoms with Crippen molar-refractivity contribution in [2.24, 2.45) is 0 Å². The lowest BCUT2D eigenvalue weighted by molar-refractivity contribution is -0.214. The SMILES string of the molecule is C=C(CC(F)(F)C(F)(F)NS(=O)(=O)CCCC)C(=O)O. The minimum Gasteiger partial charge on any atom is -0.478 e. The van der Waals surface area contributed by atoms with E-state index in [1.165, 1.54) is 0 Å². The number of sulfonamides is 1. The van der Waals surface area contributed by atoms with Gasteiger partial charge in [0.15, 0.2) is 0 Å². The minimum atomic E-state index is -5.10. The molecule has 0 heterocycles. The maximum atomic E-state index is 13.3. The summed E-state index contributed by atoms with van der Waals surface area (Å²) in [6, 6.07) is -5.10. The highest BCUT2D eigenvalue weighted by atomic mass is 32.2. The van der Waals surface area contributed by atoms with Gasteiger partial charge in [-0.25, -0.2) is 13.2 Å². The molecular weight excluding hydrogens is 306 g/mol. The molecule has 0 aliphatic rings. The number of carboxylic acids is 1. The molecule has 0 amide bonds. The van der Waals surface area contributed by atoms with E-state index in [4.69, 9.17) is 5.11 Å². The third kappa shape index (κ3) is 5.45. The largest absolute Gasteiger partial charge is 0.478 e. The van der Waals surface area contributed by atoms with Crippen LogP contribution in [0, 0.1) is 0 Å². The zero-order chi connectivity index (χ0) is 16.2. The van der Waals surface area contributed by atoms with Gasteiger partial charge >= 0.3 is 17.9 Å². The number of carbonyl (C=O) groups is 1. The highest BCUT2D eigenvalue weighted by Gasteiger charge is 2.58. The molecule has 0 fully saturated rings. The van der Waals surface area contributed by atoms with E-state index in [0.717, 1.165) is 0 Å². The van der Waals surface area contributed by atoms with Crippen molar-refractivity contribution >= 4 is 16.0 Å². The monoisotopic (exact) mass is 321 g/mol. The first-order valence-corrected chi connectivity index (χ1v) is 7.18. The number of aliphatic carboxylic acids is 1. The van der Waals surface area contributed by atoms with Crippen molar-refractivity contribution in [3.8, 4) is 0 Å². The summed E-state index contributed by atoms with van der Waals surface area (Å²) in [4.78, 5) is 10.3. The van der Waals surface area contributed by atoms with E-state index in [1.54, 1.807) is 6.92 Å². The molecule has 20 heavy (non-hydrogen) atoms. The molecule has 0 bridgehead atoms. The number of hydrogen-bond donors (Lipinski definition) is 2. The fraction of sp³-hybridized carbons (Fsp3) is 0.700. The van der Waals surface area contributed by atoms with Crippen LogP contribution in [0.5, 0.6) is 0 Å². The third-order valence-electron chi connectivity index (χ3n) is 2.25. The van der Waals surface area contributed by atoms with Gasteiger partial charge in [0.05, 0.1) is 12.2 Å². The standard InChI is InChI=1S/C10H15F4NO4S/c1-3-4-5-20(18,19)15-10(13,14)9(11,12)6-7(2)8(16)17/h15H,2-6H2,1H3,(H,16,17). The molecule has 2 N–H and O–H groups in total. The van der Waals surface area contributed by atoms with Gasteiger partial charge in [-0.2, -0.15) is 17.6 Å². The summed E-state index contributed by atoms with van der Waals surface area (Å²) in [7, 11) is -4.60. The number of halogens is 4. The first-order chi connectivity index (χ1) is 8.84. The number of rotatable bonds is 9. The Balaban J connectivity index is 5.02. The Labute approximate surface area is 113 Å². The summed E-state index contributed by atoms with van der Waals surface area (Å²) in [6.07, 6.45) is -1.47. The smallest absolute Gasteiger partial charge is 0.377 e. The average molecular weight is 321 g/mol. The Morgan fingerprint density at radius 2 is 1.80 bits per heavy atom. The Bertz CT molecular complexity index is 476. The topological polar surface area (TPSA) is 83.5 Å². The predicted octanol–water partition coefficient (Wildman–Crippen LogP) is 1.96. The third-order valence-corrected chi connectivity index (χ3v) is 3.64. The molecule has 5 nitrogen and oxygen atoms in total. The average Bonchev–Trinajstić information content (AvgIpc) is 2.24. The molecule has 0 unspecified atom stereocenters. The van der Waals surface area contributed by atoms with Gasteiger partial charge in [-0.1, -0.05) is 19.9 Å². The number of alkyl halides is 4. The van der Waals surface area contributed by atoms with Crippen molar-refractivity contribution in [1.29, 1.82) is 0 Å². The Hall–Kier alpha value is -1.16. The second-order valence-electron chi connectivity index (χ2n) is 4.14. The second-order valence-corrected chi connectivity index (χ2v) is 5.98. The molecule has 118 valence electrons. The molecule has 0 atom stereocenters. The van der Waals surface area contributed by atoms with Crippen molar-refractivity contribution in [2.75, 3.05) is 5.75 Å². The molecular formula is C10H15F4NO4S. The number of hydrogen-bond acceptors (Lipinski definition) is 3. The number of carboxylic acid groups (broad SMARTS) is 1. The second kappa shape index (κ2) is 6.53. The van der Waals surface area contributed by atoms with Crippen LogP contribution < -0.4 is 4.72 Å². The lowest BCUT2D eigenvalue weighted by Crippen LogP contribution is -2.54. The molecule has 0 saturated carbocycles. The van der Waals surface area contributed by atoms with Crippen LogP contribution in [-0.4, -0.2) is 37.2 Å². The number of nitrogens with one attached hydrogen (secondary N) is 1. The van der Waals surface area contributed by atoms with Crippen LogP contribution in [0.1, 0.15) is 26.2 Å². The van der Waals surface area contributed by atoms with Crippen LogP contribution in [0.2, 0.25) is 0 Å². The molecule has 0 aromatic heterocycles. The molecule has 0 aromatic rings. The summed E-state index contributed by atoms with van der Waals surface area (Å²) >= 11 is 0. The molecule has 0 aliphatic carbocycles. The highest BCUT2D eigenvalue weighted by Crippen LogP contribution is 2.37. The van der Waals surface area contributed by atoms with E-state index < -0.39 is 45.7 Å². The Morgan fingerprint density at radius 3 is 2.20 bits per heavy atom. The molecule has 0 spiro atoms. The molecule has 0 rings (SSSR count). The van der Waals surface area contributed by atoms with Gasteiger partial charge in [-0.15, -0.1) is 4.72 Å². The van der Waals surface area contributed by atoms with Gasteiger partial charge in [0.25, 0.3) is 0 Å². The van der Waals surface area contributed by atoms with Crippen molar-refractivity contribution in [2.45, 2.75) is 38.2 Å². The van der Waals surface area contributed by atoms with Crippen LogP contribution in [0.4, 0.5) is 17.6 Å². The van der Waals surface area contributed by atoms with Gasteiger partial charge in [0.1, 0.15) is 0 Å². The van der Waals surface area contributed by atoms with Crippen LogP contribution in [0.15, 0.2) is 12.2 Å². The van der Waals surface area contributed by atoms with E-state index in [9.17, 15) is 30.8 Å². The van der Waals surface area contributed by atoms with Crippen LogP contribution in [-0.2, 0) is 14.8 Å². The summed E-state index contributed by atoms with van der Waals surface area (Å²) < 4.78 is 76.1. The first kappa shape index (κ1) is 18.8. The zero-order valence-electron chi connectivity index (χ0n) is 10.6. The zero-order valence-corrected chi connectivity index (χ0v) is 11.4. The molecule has 0 aromatic carbocycles. The van der Waals surface area contributed by atoms with Crippen molar-refractivity contribution in [1.82, 2.24) is 4.72 Å². The van der Waals surface area contributed by atoms with Crippen molar-refractivity contribution in [3.63, 3.8) is 0 Å². The van der Waals surface area contributed by atoms with E-state index >= 15 is 0 Å². The molecule has 10 heteroatoms. The summed E-state index contributed by atoms with van der Waals surface area (Å²) in [5, 5.41) is 8.34. The highest BCUT2D eigenvalue weighted by molar-refractivity contribution is 7.89. The quantitative estimate of drug-likeness (QED) is 0.386. The van der Waals surface area contributed by atoms with Crippen molar-refractivity contribution < 1.29 is 35.9 Å². The number of unbranched alkanes of at least 4 members (excludes halogenated alkanes) is 1. The lowest BCUT2D eigenvalue weighted by Gasteiger charge is -2.26. The van der Waals surface area contributed by atoms with Gasteiger partial charge in [-0.3, -0.25) is 0 Å². The van der Waals surface area contributed by atoms with Gasteiger partial charge in [0, 0.05) is 5.57 Å². The summed E-state index contributed by atoms with van der Waals surface area (Å²) in [5.74, 6) is -7.49. The van der Waals surface area contributed by atoms with Crippen LogP contribution in [0.3, 0.4) is 0 Å². The maximum absolute atomic E-state index is 13.3. The normalized spacial score (nSPS) is 13.2. The summed E-state index contributed by atoms with van der Waals surface area (Å²) in [6.45, 7) is 4.31. The molecule has 0 radical (unpaired) electrons. The molecule has 0 aliphatic heterocycles. The Morgan fingerprint density at radius 1 is 1.30 bits per heavy atom. The molecule has 0 saturated heterocycles. The van der Waals surface area contributed by atoms with E-state index in [2.05, 4.69) is 6.58 Å². The van der Waals surface area contributed by atoms with E-state index in [0.29, 0.717) is 11.1 Å². The predicted molar refractivity (Wildman–Crippen MR) is 63.1 cm³/mol. The van der Waals surface area contributed by atoms with Crippen LogP contribution >= 0.6 is 0 Å². The Kier molecular flexibility index (Phi) is 6.15. The van der Waals surface area contributed by atoms with Gasteiger partial charge in [-0.05, 0) is 6.42 Å². The van der Waals surface area contributed by atoms with E-state index in [-0.39, 0.29) is 6.42 Å². The summed E-state index contributed by atoms with van der Waals surface area (Å²) in [5.41, 5.74) is -1.15. The van der Waals surface area contributed by atoms with Gasteiger partial charge in [0.2, 0.25) is 10.0 Å². The van der Waals surface area contributed by atoms with E-state index in [1.807, 2.05) is 0 Å². The lowest BCUT2D eigenvalue weighted by atomic mass is 10.1. The fourth-order valence-corrected chi connectivity index (χ4v) is 2.42. The minimum absolute atomic E-state index is 0.0266. The fourth-order valence-electron chi connectivity index (χ4n) is 1.11. The first-order valence-electron chi connectivity index (χ1n) is 5.53. The maximum Gasteiger partial charge on any atom is 0.377 e.